The molecule has 130 valence electrons. The number of ether oxygens (including phenoxy) is 2. The van der Waals surface area contributed by atoms with Crippen molar-refractivity contribution in [1.29, 1.82) is 0 Å². The molecule has 0 aromatic heterocycles. The maximum absolute atomic E-state index is 12.9. The summed E-state index contributed by atoms with van der Waals surface area (Å²) in [4.78, 5) is 26.3. The van der Waals surface area contributed by atoms with Crippen molar-refractivity contribution in [2.24, 2.45) is 5.92 Å². The number of carbonyl (C=O) groups is 2. The summed E-state index contributed by atoms with van der Waals surface area (Å²) in [6.07, 6.45) is 1.26. The molecule has 1 aromatic rings. The summed E-state index contributed by atoms with van der Waals surface area (Å²) < 4.78 is 11.0. The molecule has 6 heteroatoms. The normalized spacial score (nSPS) is 25.1. The largest absolute Gasteiger partial charge is 0.381 e. The van der Waals surface area contributed by atoms with Gasteiger partial charge in [-0.15, -0.1) is 0 Å². The zero-order chi connectivity index (χ0) is 16.9. The van der Waals surface area contributed by atoms with Gasteiger partial charge in [-0.3, -0.25) is 9.59 Å². The molecule has 2 amide bonds. The first-order chi connectivity index (χ1) is 11.6. The van der Waals surface area contributed by atoms with E-state index in [1.54, 1.807) is 11.9 Å². The van der Waals surface area contributed by atoms with Crippen LogP contribution in [-0.4, -0.2) is 56.2 Å². The van der Waals surface area contributed by atoms with Gasteiger partial charge in [0.1, 0.15) is 6.61 Å². The molecule has 0 unspecified atom stereocenters. The summed E-state index contributed by atoms with van der Waals surface area (Å²) in [5.74, 6) is 0.177. The van der Waals surface area contributed by atoms with Gasteiger partial charge in [-0.1, -0.05) is 30.3 Å². The molecule has 2 heterocycles. The number of nitrogens with one attached hydrogen (secondary N) is 1. The summed E-state index contributed by atoms with van der Waals surface area (Å²) in [5, 5.41) is 2.89. The topological polar surface area (TPSA) is 67.9 Å². The molecule has 2 fully saturated rings. The quantitative estimate of drug-likeness (QED) is 0.897. The Labute approximate surface area is 142 Å². The maximum Gasteiger partial charge on any atom is 0.253 e. The summed E-state index contributed by atoms with van der Waals surface area (Å²) in [7, 11) is 1.81. The zero-order valence-electron chi connectivity index (χ0n) is 13.9. The summed E-state index contributed by atoms with van der Waals surface area (Å²) in [6.45, 7) is 2.13. The van der Waals surface area contributed by atoms with Crippen LogP contribution in [0.15, 0.2) is 30.3 Å². The average molecular weight is 332 g/mol. The Morgan fingerprint density at radius 3 is 2.67 bits per heavy atom. The maximum atomic E-state index is 12.9. The second-order valence-corrected chi connectivity index (χ2v) is 6.46. The van der Waals surface area contributed by atoms with Gasteiger partial charge in [0.15, 0.2) is 6.10 Å². The van der Waals surface area contributed by atoms with Crippen LogP contribution in [0.2, 0.25) is 0 Å². The van der Waals surface area contributed by atoms with E-state index in [0.717, 1.165) is 31.6 Å². The molecular weight excluding hydrogens is 308 g/mol. The van der Waals surface area contributed by atoms with E-state index in [1.807, 2.05) is 30.3 Å². The van der Waals surface area contributed by atoms with Crippen molar-refractivity contribution in [3.8, 4) is 0 Å². The molecule has 2 saturated heterocycles. The number of rotatable bonds is 4. The zero-order valence-corrected chi connectivity index (χ0v) is 13.9. The lowest BCUT2D eigenvalue weighted by Crippen LogP contribution is -2.53. The fourth-order valence-corrected chi connectivity index (χ4v) is 3.31. The number of hydrogen-bond donors (Lipinski definition) is 1. The number of benzene rings is 1. The van der Waals surface area contributed by atoms with Crippen LogP contribution < -0.4 is 5.32 Å². The summed E-state index contributed by atoms with van der Waals surface area (Å²) in [6, 6.07) is 9.05. The molecule has 6 nitrogen and oxygen atoms in total. The van der Waals surface area contributed by atoms with E-state index in [2.05, 4.69) is 5.32 Å². The van der Waals surface area contributed by atoms with E-state index < -0.39 is 12.1 Å². The predicted molar refractivity (Wildman–Crippen MR) is 88.2 cm³/mol. The van der Waals surface area contributed by atoms with E-state index in [0.29, 0.717) is 12.5 Å². The minimum absolute atomic E-state index is 0.0785. The molecule has 1 aromatic carbocycles. The van der Waals surface area contributed by atoms with E-state index >= 15 is 0 Å². The molecule has 0 bridgehead atoms. The molecule has 2 atom stereocenters. The molecule has 2 aliphatic rings. The third kappa shape index (κ3) is 3.94. The number of hydrogen-bond acceptors (Lipinski definition) is 4. The van der Waals surface area contributed by atoms with Gasteiger partial charge < -0.3 is 19.7 Å². The van der Waals surface area contributed by atoms with E-state index in [-0.39, 0.29) is 18.4 Å². The Balaban J connectivity index is 1.69. The minimum Gasteiger partial charge on any atom is -0.381 e. The number of amides is 2. The lowest BCUT2D eigenvalue weighted by Gasteiger charge is -2.35. The molecule has 0 spiro atoms. The standard InChI is InChI=1S/C18H24N2O4/c1-20(11-13-7-9-23-10-8-13)18(22)17-16(19-15(21)12-24-17)14-5-3-2-4-6-14/h2-6,13,16-17H,7-12H2,1H3,(H,19,21)/t16-,17+/m1/s1. The van der Waals surface area contributed by atoms with Crippen molar-refractivity contribution in [3.05, 3.63) is 35.9 Å². The lowest BCUT2D eigenvalue weighted by atomic mass is 9.97. The SMILES string of the molecule is CN(CC1CCOCC1)C(=O)[C@H]1OCC(=O)N[C@@H]1c1ccccc1. The molecule has 0 saturated carbocycles. The fraction of sp³-hybridized carbons (Fsp3) is 0.556. The van der Waals surface area contributed by atoms with Crippen molar-refractivity contribution >= 4 is 11.8 Å². The highest BCUT2D eigenvalue weighted by Gasteiger charge is 2.37. The minimum atomic E-state index is -0.685. The van der Waals surface area contributed by atoms with Crippen LogP contribution in [0.3, 0.4) is 0 Å². The van der Waals surface area contributed by atoms with E-state index in [1.165, 1.54) is 0 Å². The van der Waals surface area contributed by atoms with Crippen molar-refractivity contribution < 1.29 is 19.1 Å². The lowest BCUT2D eigenvalue weighted by molar-refractivity contribution is -0.155. The van der Waals surface area contributed by atoms with Crippen LogP contribution in [-0.2, 0) is 19.1 Å². The van der Waals surface area contributed by atoms with E-state index in [9.17, 15) is 9.59 Å². The molecule has 1 N–H and O–H groups in total. The van der Waals surface area contributed by atoms with E-state index in [4.69, 9.17) is 9.47 Å². The van der Waals surface area contributed by atoms with Crippen LogP contribution in [0.1, 0.15) is 24.4 Å². The molecule has 24 heavy (non-hydrogen) atoms. The highest BCUT2D eigenvalue weighted by Crippen LogP contribution is 2.24. The third-order valence-electron chi connectivity index (χ3n) is 4.66. The van der Waals surface area contributed by atoms with Crippen LogP contribution in [0.25, 0.3) is 0 Å². The van der Waals surface area contributed by atoms with Gasteiger partial charge in [-0.2, -0.15) is 0 Å². The summed E-state index contributed by atoms with van der Waals surface area (Å²) >= 11 is 0. The van der Waals surface area contributed by atoms with Crippen LogP contribution in [0.4, 0.5) is 0 Å². The summed E-state index contributed by atoms with van der Waals surface area (Å²) in [5.41, 5.74) is 0.878. The second-order valence-electron chi connectivity index (χ2n) is 6.46. The van der Waals surface area contributed by atoms with Gasteiger partial charge in [-0.25, -0.2) is 0 Å². The molecule has 0 radical (unpaired) electrons. The fourth-order valence-electron chi connectivity index (χ4n) is 3.31. The highest BCUT2D eigenvalue weighted by molar-refractivity contribution is 5.86. The third-order valence-corrected chi connectivity index (χ3v) is 4.66. The molecule has 3 rings (SSSR count). The monoisotopic (exact) mass is 332 g/mol. The van der Waals surface area contributed by atoms with Gasteiger partial charge in [-0.05, 0) is 24.3 Å². The first-order valence-electron chi connectivity index (χ1n) is 8.44. The van der Waals surface area contributed by atoms with Crippen molar-refractivity contribution in [2.45, 2.75) is 25.0 Å². The Morgan fingerprint density at radius 1 is 1.25 bits per heavy atom. The van der Waals surface area contributed by atoms with Crippen molar-refractivity contribution in [1.82, 2.24) is 10.2 Å². The van der Waals surface area contributed by atoms with Crippen LogP contribution in [0.5, 0.6) is 0 Å². The Morgan fingerprint density at radius 2 is 1.96 bits per heavy atom. The average Bonchev–Trinajstić information content (AvgIpc) is 2.62. The van der Waals surface area contributed by atoms with Gasteiger partial charge >= 0.3 is 0 Å². The number of morpholine rings is 1. The highest BCUT2D eigenvalue weighted by atomic mass is 16.5. The Bertz CT molecular complexity index is 572. The number of nitrogens with zero attached hydrogens (tertiary/aromatic N) is 1. The second kappa shape index (κ2) is 7.77. The predicted octanol–water partition coefficient (Wildman–Crippen LogP) is 1.13. The molecule has 0 aliphatic carbocycles. The number of carbonyl (C=O) groups excluding carboxylic acids is 2. The van der Waals surface area contributed by atoms with Gasteiger partial charge in [0, 0.05) is 26.8 Å². The van der Waals surface area contributed by atoms with Gasteiger partial charge in [0.25, 0.3) is 5.91 Å². The van der Waals surface area contributed by atoms with Crippen molar-refractivity contribution in [3.63, 3.8) is 0 Å². The molecular formula is C18H24N2O4. The number of likely N-dealkylation sites (N-methyl/N-ethyl adjacent to an activating group) is 1. The Kier molecular flexibility index (Phi) is 5.48. The van der Waals surface area contributed by atoms with Crippen LogP contribution in [0, 0.1) is 5.92 Å². The first kappa shape index (κ1) is 16.9. The van der Waals surface area contributed by atoms with Crippen molar-refractivity contribution in [2.75, 3.05) is 33.4 Å². The molecule has 2 aliphatic heterocycles. The van der Waals surface area contributed by atoms with Gasteiger partial charge in [0.2, 0.25) is 5.91 Å². The van der Waals surface area contributed by atoms with Gasteiger partial charge in [0.05, 0.1) is 6.04 Å². The Hall–Kier alpha value is -1.92. The smallest absolute Gasteiger partial charge is 0.253 e. The first-order valence-corrected chi connectivity index (χ1v) is 8.44. The van der Waals surface area contributed by atoms with Crippen LogP contribution >= 0.6 is 0 Å².